The Morgan fingerprint density at radius 2 is 1.14 bits per heavy atom. The quantitative estimate of drug-likeness (QED) is 0.0669. The first kappa shape index (κ1) is 33.8. The number of hydrogen-bond donors (Lipinski definition) is 3. The predicted molar refractivity (Wildman–Crippen MR) is 141 cm³/mol. The Kier molecular flexibility index (Phi) is 17.5. The maximum Gasteiger partial charge on any atom is 0.384 e. The maximum absolute atomic E-state index is 12.2. The molecule has 0 saturated carbocycles. The third-order valence-electron chi connectivity index (χ3n) is 7.01. The second kappa shape index (κ2) is 18.1. The number of likely N-dealkylation sites (N-methyl/N-ethyl adjacent to an activating group) is 1. The minimum absolute atomic E-state index is 0.205. The van der Waals surface area contributed by atoms with Crippen molar-refractivity contribution < 1.29 is 32.1 Å². The van der Waals surface area contributed by atoms with Gasteiger partial charge in [0.2, 0.25) is 5.91 Å². The van der Waals surface area contributed by atoms with E-state index in [1.165, 1.54) is 91.1 Å². The number of quaternary nitrogens is 1. The van der Waals surface area contributed by atoms with Crippen molar-refractivity contribution in [3.05, 3.63) is 0 Å². The molecule has 208 valence electrons. The summed E-state index contributed by atoms with van der Waals surface area (Å²) in [6.45, 7) is 3.69. The zero-order valence-electron chi connectivity index (χ0n) is 22.8. The number of aliphatic carboxylic acids is 1. The van der Waals surface area contributed by atoms with Crippen LogP contribution in [0.4, 0.5) is 0 Å². The minimum Gasteiger partial charge on any atom is -0.476 e. The van der Waals surface area contributed by atoms with Crippen molar-refractivity contribution in [3.8, 4) is 0 Å². The van der Waals surface area contributed by atoms with E-state index < -0.39 is 25.4 Å². The highest BCUT2D eigenvalue weighted by molar-refractivity contribution is 7.87. The standard InChI is InChI=1S/C26H52N2O6S/c1-5-7-8-9-10-11-12-13-14-15-16-17-18-19-20-21-24(29)27-23-28(3,4)26(22-6-2,25(30)31)35(32,33)34/h5-23H2,1-4H3,(H2-,27,29,30,31,32,33,34)/p+1. The lowest BCUT2D eigenvalue weighted by Crippen LogP contribution is -2.70. The molecular formula is C26H53N2O6S+. The van der Waals surface area contributed by atoms with E-state index in [2.05, 4.69) is 12.2 Å². The van der Waals surface area contributed by atoms with Crippen molar-refractivity contribution in [2.75, 3.05) is 20.8 Å². The number of hydrogen-bond acceptors (Lipinski definition) is 4. The molecule has 3 N–H and O–H groups in total. The van der Waals surface area contributed by atoms with Crippen LogP contribution in [0.5, 0.6) is 0 Å². The number of carbonyl (C=O) groups excluding carboxylic acids is 1. The van der Waals surface area contributed by atoms with Gasteiger partial charge >= 0.3 is 21.0 Å². The molecule has 0 saturated heterocycles. The van der Waals surface area contributed by atoms with Gasteiger partial charge in [-0.15, -0.1) is 0 Å². The van der Waals surface area contributed by atoms with Crippen LogP contribution in [0.1, 0.15) is 129 Å². The first-order valence-electron chi connectivity index (χ1n) is 13.8. The molecule has 0 aromatic heterocycles. The summed E-state index contributed by atoms with van der Waals surface area (Å²) in [5, 5.41) is 12.3. The highest BCUT2D eigenvalue weighted by Gasteiger charge is 2.62. The average Bonchev–Trinajstić information content (AvgIpc) is 2.77. The molecule has 1 amide bonds. The van der Waals surface area contributed by atoms with E-state index in [0.29, 0.717) is 6.42 Å². The zero-order valence-corrected chi connectivity index (χ0v) is 23.6. The van der Waals surface area contributed by atoms with Gasteiger partial charge in [-0.05, 0) is 12.8 Å². The Morgan fingerprint density at radius 1 is 0.743 bits per heavy atom. The number of carboxylic acid groups (broad SMARTS) is 1. The van der Waals surface area contributed by atoms with E-state index in [4.69, 9.17) is 0 Å². The summed E-state index contributed by atoms with van der Waals surface area (Å²) in [6, 6.07) is 0. The van der Waals surface area contributed by atoms with E-state index in [1.54, 1.807) is 6.92 Å². The molecule has 0 aliphatic carbocycles. The lowest BCUT2D eigenvalue weighted by molar-refractivity contribution is -0.919. The van der Waals surface area contributed by atoms with Crippen LogP contribution in [-0.4, -0.2) is 60.1 Å². The van der Waals surface area contributed by atoms with Crippen LogP contribution in [0.2, 0.25) is 0 Å². The predicted octanol–water partition coefficient (Wildman–Crippen LogP) is 5.87. The van der Waals surface area contributed by atoms with Crippen molar-refractivity contribution in [1.82, 2.24) is 5.32 Å². The molecule has 0 bridgehead atoms. The summed E-state index contributed by atoms with van der Waals surface area (Å²) in [7, 11) is -2.13. The minimum atomic E-state index is -4.92. The molecule has 1 unspecified atom stereocenters. The fourth-order valence-electron chi connectivity index (χ4n) is 4.72. The fraction of sp³-hybridized carbons (Fsp3) is 0.923. The van der Waals surface area contributed by atoms with Crippen LogP contribution in [0, 0.1) is 0 Å². The third kappa shape index (κ3) is 12.6. The number of amides is 1. The highest BCUT2D eigenvalue weighted by Crippen LogP contribution is 2.32. The van der Waals surface area contributed by atoms with Crippen LogP contribution < -0.4 is 5.32 Å². The summed E-state index contributed by atoms with van der Waals surface area (Å²) < 4.78 is 33.3. The number of nitrogens with zero attached hydrogens (tertiary/aromatic N) is 1. The summed E-state index contributed by atoms with van der Waals surface area (Å²) in [5.74, 6) is -1.86. The van der Waals surface area contributed by atoms with E-state index >= 15 is 0 Å². The summed E-state index contributed by atoms with van der Waals surface area (Å²) in [5.41, 5.74) is 0. The van der Waals surface area contributed by atoms with Gasteiger partial charge in [0.25, 0.3) is 0 Å². The monoisotopic (exact) mass is 521 g/mol. The number of unbranched alkanes of at least 4 members (excludes halogenated alkanes) is 14. The zero-order chi connectivity index (χ0) is 26.8. The van der Waals surface area contributed by atoms with Gasteiger partial charge in [0.05, 0.1) is 14.1 Å². The maximum atomic E-state index is 12.2. The van der Waals surface area contributed by atoms with E-state index in [0.717, 1.165) is 19.3 Å². The third-order valence-corrected chi connectivity index (χ3v) is 8.73. The molecule has 0 spiro atoms. The largest absolute Gasteiger partial charge is 0.476 e. The molecule has 8 nitrogen and oxygen atoms in total. The molecule has 0 aromatic rings. The van der Waals surface area contributed by atoms with Crippen molar-refractivity contribution in [1.29, 1.82) is 0 Å². The SMILES string of the molecule is CCCCCCCCCCCCCCCCCC(=O)NC[N+](C)(C)C(CCC)(C(=O)O)S(=O)(=O)O. The van der Waals surface area contributed by atoms with Crippen molar-refractivity contribution in [2.24, 2.45) is 0 Å². The average molecular weight is 522 g/mol. The Morgan fingerprint density at radius 3 is 1.49 bits per heavy atom. The van der Waals surface area contributed by atoms with E-state index in [-0.39, 0.29) is 25.4 Å². The molecule has 0 aliphatic heterocycles. The molecule has 0 aromatic carbocycles. The summed E-state index contributed by atoms with van der Waals surface area (Å²) in [4.78, 5) is 21.7. The smallest absolute Gasteiger partial charge is 0.384 e. The molecule has 0 fully saturated rings. The van der Waals surface area contributed by atoms with Crippen LogP contribution in [0.25, 0.3) is 0 Å². The van der Waals surface area contributed by atoms with Gasteiger partial charge in [-0.25, -0.2) is 4.79 Å². The first-order chi connectivity index (χ1) is 16.5. The van der Waals surface area contributed by atoms with Gasteiger partial charge < -0.3 is 10.4 Å². The van der Waals surface area contributed by atoms with Gasteiger partial charge in [0.15, 0.2) is 6.67 Å². The Labute approximate surface area is 214 Å². The Bertz CT molecular complexity index is 696. The van der Waals surface area contributed by atoms with Crippen molar-refractivity contribution in [2.45, 2.75) is 134 Å². The normalized spacial score (nSPS) is 14.0. The number of nitrogens with one attached hydrogen (secondary N) is 1. The van der Waals surface area contributed by atoms with Gasteiger partial charge in [-0.1, -0.05) is 104 Å². The molecule has 1 atom stereocenters. The molecule has 0 radical (unpaired) electrons. The van der Waals surface area contributed by atoms with Crippen molar-refractivity contribution >= 4 is 22.0 Å². The molecule has 9 heteroatoms. The molecule has 35 heavy (non-hydrogen) atoms. The van der Waals surface area contributed by atoms with Gasteiger partial charge in [-0.2, -0.15) is 8.42 Å². The molecular weight excluding hydrogens is 468 g/mol. The number of carbonyl (C=O) groups is 2. The topological polar surface area (TPSA) is 121 Å². The van der Waals surface area contributed by atoms with Crippen LogP contribution in [0.3, 0.4) is 0 Å². The second-order valence-electron chi connectivity index (χ2n) is 10.5. The van der Waals surface area contributed by atoms with Gasteiger partial charge in [0.1, 0.15) is 0 Å². The van der Waals surface area contributed by atoms with Gasteiger partial charge in [-0.3, -0.25) is 13.8 Å². The van der Waals surface area contributed by atoms with Crippen LogP contribution >= 0.6 is 0 Å². The molecule has 0 aliphatic rings. The molecule has 0 heterocycles. The summed E-state index contributed by atoms with van der Waals surface area (Å²) in [6.07, 6.45) is 19.0. The van der Waals surface area contributed by atoms with Crippen LogP contribution in [0.15, 0.2) is 0 Å². The second-order valence-corrected chi connectivity index (χ2v) is 12.1. The van der Waals surface area contributed by atoms with Crippen molar-refractivity contribution in [3.63, 3.8) is 0 Å². The Balaban J connectivity index is 4.05. The first-order valence-corrected chi connectivity index (χ1v) is 15.2. The van der Waals surface area contributed by atoms with Gasteiger partial charge in [0, 0.05) is 12.8 Å². The lowest BCUT2D eigenvalue weighted by Gasteiger charge is -2.42. The molecule has 0 rings (SSSR count). The van der Waals surface area contributed by atoms with Crippen LogP contribution in [-0.2, 0) is 19.7 Å². The van der Waals surface area contributed by atoms with E-state index in [1.807, 2.05) is 0 Å². The van der Waals surface area contributed by atoms with E-state index in [9.17, 15) is 27.7 Å². The fourth-order valence-corrected chi connectivity index (χ4v) is 6.09. The summed E-state index contributed by atoms with van der Waals surface area (Å²) >= 11 is 0. The number of rotatable bonds is 23. The highest BCUT2D eigenvalue weighted by atomic mass is 32.2. The lowest BCUT2D eigenvalue weighted by atomic mass is 10.0. The number of carboxylic acids is 1. The Hall–Kier alpha value is -1.19.